The zero-order chi connectivity index (χ0) is 28.4. The zero-order valence-corrected chi connectivity index (χ0v) is 22.4. The molecule has 0 radical (unpaired) electrons. The highest BCUT2D eigenvalue weighted by Crippen LogP contribution is 2.43. The summed E-state index contributed by atoms with van der Waals surface area (Å²) in [5.41, 5.74) is -1.02. The Morgan fingerprint density at radius 3 is 2.42 bits per heavy atom. The molecule has 6 atom stereocenters. The Kier molecular flexibility index (Phi) is 9.53. The van der Waals surface area contributed by atoms with Crippen molar-refractivity contribution < 1.29 is 37.1 Å². The summed E-state index contributed by atoms with van der Waals surface area (Å²) in [4.78, 5) is 65.0. The van der Waals surface area contributed by atoms with Crippen molar-refractivity contribution in [2.24, 2.45) is 23.2 Å². The van der Waals surface area contributed by atoms with Crippen LogP contribution in [0.15, 0.2) is 0 Å². The summed E-state index contributed by atoms with van der Waals surface area (Å²) >= 11 is 5.36. The number of carbonyl (C=O) groups is 5. The molecular formula is C24H35ClF3N5O5. The molecule has 1 aliphatic carbocycles. The highest BCUT2D eigenvalue weighted by atomic mass is 35.5. The SMILES string of the molecule is CCC(C)(C)[C@H](NC(=O)C(F)F)C(=O)N1C[C@@H]2CCC[C@@H]2[C@H]1C(=O)NN(C[C@@H]1CCNC1=O)C(=O)[C@H](F)Cl. The van der Waals surface area contributed by atoms with E-state index >= 15 is 0 Å². The Balaban J connectivity index is 1.88. The topological polar surface area (TPSA) is 128 Å². The molecule has 10 nitrogen and oxygen atoms in total. The maximum absolute atomic E-state index is 13.8. The number of amides is 5. The van der Waals surface area contributed by atoms with Crippen LogP contribution in [0, 0.1) is 23.2 Å². The molecular weight excluding hydrogens is 531 g/mol. The molecule has 2 saturated heterocycles. The van der Waals surface area contributed by atoms with E-state index in [0.29, 0.717) is 30.8 Å². The molecule has 1 saturated carbocycles. The summed E-state index contributed by atoms with van der Waals surface area (Å²) in [5.74, 6) is -5.67. The fraction of sp³-hybridized carbons (Fsp3) is 0.792. The van der Waals surface area contributed by atoms with Gasteiger partial charge in [-0.3, -0.25) is 29.4 Å². The first-order valence-electron chi connectivity index (χ1n) is 12.8. The minimum Gasteiger partial charge on any atom is -0.356 e. The van der Waals surface area contributed by atoms with Crippen LogP contribution >= 0.6 is 11.6 Å². The highest BCUT2D eigenvalue weighted by Gasteiger charge is 2.52. The van der Waals surface area contributed by atoms with Gasteiger partial charge in [-0.2, -0.15) is 8.78 Å². The third-order valence-corrected chi connectivity index (χ3v) is 8.32. The van der Waals surface area contributed by atoms with Gasteiger partial charge >= 0.3 is 6.43 Å². The Labute approximate surface area is 224 Å². The van der Waals surface area contributed by atoms with Gasteiger partial charge < -0.3 is 15.5 Å². The third-order valence-electron chi connectivity index (χ3n) is 8.13. The molecule has 2 heterocycles. The van der Waals surface area contributed by atoms with Crippen LogP contribution in [0.2, 0.25) is 0 Å². The van der Waals surface area contributed by atoms with E-state index in [1.165, 1.54) is 4.90 Å². The summed E-state index contributed by atoms with van der Waals surface area (Å²) in [5, 5.41) is 5.42. The van der Waals surface area contributed by atoms with Crippen LogP contribution in [-0.2, 0) is 24.0 Å². The van der Waals surface area contributed by atoms with E-state index in [1.807, 2.05) is 0 Å². The van der Waals surface area contributed by atoms with E-state index in [9.17, 15) is 37.1 Å². The van der Waals surface area contributed by atoms with Crippen molar-refractivity contribution in [2.75, 3.05) is 19.6 Å². The summed E-state index contributed by atoms with van der Waals surface area (Å²) < 4.78 is 40.0. The zero-order valence-electron chi connectivity index (χ0n) is 21.6. The van der Waals surface area contributed by atoms with Crippen molar-refractivity contribution in [3.63, 3.8) is 0 Å². The molecule has 3 rings (SSSR count). The molecule has 214 valence electrons. The van der Waals surface area contributed by atoms with Crippen LogP contribution in [-0.4, -0.2) is 83.2 Å². The minimum atomic E-state index is -3.33. The largest absolute Gasteiger partial charge is 0.356 e. The first-order valence-corrected chi connectivity index (χ1v) is 13.3. The quantitative estimate of drug-likeness (QED) is 0.287. The lowest BCUT2D eigenvalue weighted by atomic mass is 9.80. The first kappa shape index (κ1) is 30.0. The number of hydrogen-bond donors (Lipinski definition) is 3. The Bertz CT molecular complexity index is 952. The summed E-state index contributed by atoms with van der Waals surface area (Å²) in [6.07, 6.45) is -0.434. The second-order valence-electron chi connectivity index (χ2n) is 10.9. The van der Waals surface area contributed by atoms with Gasteiger partial charge in [0.2, 0.25) is 11.8 Å². The predicted molar refractivity (Wildman–Crippen MR) is 130 cm³/mol. The monoisotopic (exact) mass is 565 g/mol. The Hall–Kier alpha value is -2.57. The third kappa shape index (κ3) is 6.35. The number of carbonyl (C=O) groups excluding carboxylic acids is 5. The van der Waals surface area contributed by atoms with Crippen molar-refractivity contribution in [1.82, 2.24) is 26.0 Å². The lowest BCUT2D eigenvalue weighted by Crippen LogP contribution is -2.61. The standard InChI is InChI=1S/C24H35ClF3N5O5/c1-4-24(2,3)16(30-21(36)18(27)28)22(37)32-10-12-6-5-7-14(12)15(32)20(35)31-33(23(38)17(25)26)11-13-8-9-29-19(13)34/h12-18H,4-11H2,1-3H3,(H,29,34)(H,30,36)(H,31,35)/t12-,13-,14-,15-,16+,17-/m0/s1. The lowest BCUT2D eigenvalue weighted by Gasteiger charge is -2.38. The molecule has 0 aromatic carbocycles. The molecule has 5 amide bonds. The summed E-state index contributed by atoms with van der Waals surface area (Å²) in [6, 6.07) is -2.42. The molecule has 38 heavy (non-hydrogen) atoms. The number of hydrazine groups is 1. The van der Waals surface area contributed by atoms with Gasteiger partial charge in [0.15, 0.2) is 0 Å². The van der Waals surface area contributed by atoms with Gasteiger partial charge in [0.1, 0.15) is 12.1 Å². The Morgan fingerprint density at radius 1 is 1.18 bits per heavy atom. The smallest absolute Gasteiger partial charge is 0.315 e. The predicted octanol–water partition coefficient (Wildman–Crippen LogP) is 1.33. The molecule has 0 spiro atoms. The van der Waals surface area contributed by atoms with Crippen LogP contribution in [0.25, 0.3) is 0 Å². The lowest BCUT2D eigenvalue weighted by molar-refractivity contribution is -0.151. The first-order chi connectivity index (χ1) is 17.8. The number of hydrogen-bond acceptors (Lipinski definition) is 5. The number of fused-ring (bicyclic) bond motifs is 1. The number of rotatable bonds is 9. The molecule has 14 heteroatoms. The Morgan fingerprint density at radius 2 is 1.87 bits per heavy atom. The highest BCUT2D eigenvalue weighted by molar-refractivity contribution is 6.29. The molecule has 2 aliphatic heterocycles. The van der Waals surface area contributed by atoms with Gasteiger partial charge in [0, 0.05) is 13.1 Å². The second kappa shape index (κ2) is 12.1. The minimum absolute atomic E-state index is 0.0439. The number of nitrogens with zero attached hydrogens (tertiary/aromatic N) is 2. The second-order valence-corrected chi connectivity index (χ2v) is 11.3. The number of halogens is 4. The van der Waals surface area contributed by atoms with Crippen molar-refractivity contribution in [2.45, 2.75) is 77.0 Å². The van der Waals surface area contributed by atoms with E-state index in [2.05, 4.69) is 16.1 Å². The molecule has 0 bridgehead atoms. The molecule has 0 aromatic rings. The molecule has 0 unspecified atom stereocenters. The van der Waals surface area contributed by atoms with Crippen LogP contribution in [0.4, 0.5) is 13.2 Å². The van der Waals surface area contributed by atoms with Crippen LogP contribution in [0.1, 0.15) is 52.9 Å². The fourth-order valence-electron chi connectivity index (χ4n) is 5.58. The van der Waals surface area contributed by atoms with Gasteiger partial charge in [0.25, 0.3) is 23.4 Å². The van der Waals surface area contributed by atoms with E-state index < -0.39 is 59.1 Å². The number of nitrogens with one attached hydrogen (secondary N) is 3. The fourth-order valence-corrected chi connectivity index (χ4v) is 5.70. The maximum atomic E-state index is 13.8. The average molecular weight is 566 g/mol. The molecule has 0 aromatic heterocycles. The van der Waals surface area contributed by atoms with Crippen LogP contribution in [0.5, 0.6) is 0 Å². The maximum Gasteiger partial charge on any atom is 0.315 e. The molecule has 3 aliphatic rings. The van der Waals surface area contributed by atoms with Gasteiger partial charge in [0.05, 0.1) is 12.5 Å². The van der Waals surface area contributed by atoms with E-state index in [-0.39, 0.29) is 30.8 Å². The summed E-state index contributed by atoms with van der Waals surface area (Å²) in [7, 11) is 0. The van der Waals surface area contributed by atoms with Gasteiger partial charge in [-0.15, -0.1) is 0 Å². The average Bonchev–Trinajstić information content (AvgIpc) is 3.56. The van der Waals surface area contributed by atoms with Gasteiger partial charge in [-0.1, -0.05) is 38.8 Å². The van der Waals surface area contributed by atoms with Crippen molar-refractivity contribution in [3.05, 3.63) is 0 Å². The number of likely N-dealkylation sites (tertiary alicyclic amines) is 1. The molecule has 3 fully saturated rings. The van der Waals surface area contributed by atoms with Crippen LogP contribution < -0.4 is 16.1 Å². The van der Waals surface area contributed by atoms with E-state index in [0.717, 1.165) is 12.8 Å². The normalized spacial score (nSPS) is 26.5. The van der Waals surface area contributed by atoms with Crippen molar-refractivity contribution >= 4 is 41.1 Å². The van der Waals surface area contributed by atoms with Crippen molar-refractivity contribution in [1.29, 1.82) is 0 Å². The van der Waals surface area contributed by atoms with E-state index in [1.54, 1.807) is 20.8 Å². The van der Waals surface area contributed by atoms with Crippen LogP contribution in [0.3, 0.4) is 0 Å². The molecule has 3 N–H and O–H groups in total. The van der Waals surface area contributed by atoms with Gasteiger partial charge in [-0.05, 0) is 42.9 Å². The van der Waals surface area contributed by atoms with Gasteiger partial charge in [-0.25, -0.2) is 9.40 Å². The number of alkyl halides is 4. The summed E-state index contributed by atoms with van der Waals surface area (Å²) in [6.45, 7) is 5.29. The van der Waals surface area contributed by atoms with E-state index in [4.69, 9.17) is 11.6 Å². The van der Waals surface area contributed by atoms with Crippen molar-refractivity contribution in [3.8, 4) is 0 Å².